The van der Waals surface area contributed by atoms with E-state index in [0.717, 1.165) is 16.9 Å². The number of aliphatic carboxylic acids is 1. The normalized spacial score (nSPS) is 14.1. The van der Waals surface area contributed by atoms with Gasteiger partial charge in [0, 0.05) is 17.0 Å². The maximum atomic E-state index is 10.5. The Hall–Kier alpha value is -1.26. The average Bonchev–Trinajstić information content (AvgIpc) is 2.25. The minimum Gasteiger partial charge on any atom is -0.481 e. The van der Waals surface area contributed by atoms with Gasteiger partial charge in [0.05, 0.1) is 6.61 Å². The molecule has 0 unspecified atom stereocenters. The average molecular weight is 243 g/mol. The van der Waals surface area contributed by atoms with E-state index in [-0.39, 0.29) is 13.2 Å². The molecule has 4 nitrogen and oxygen atoms in total. The minimum atomic E-state index is -0.833. The smallest absolute Gasteiger partial charge is 0.303 e. The summed E-state index contributed by atoms with van der Waals surface area (Å²) in [6.45, 7) is 0.657. The SMILES string of the molecule is O=C(O)CCc1cc(Cl)cc2c1OCOC2. The van der Waals surface area contributed by atoms with E-state index in [0.29, 0.717) is 18.1 Å². The van der Waals surface area contributed by atoms with Crippen LogP contribution in [0.15, 0.2) is 12.1 Å². The molecule has 5 heteroatoms. The molecule has 0 atom stereocenters. The Morgan fingerprint density at radius 1 is 1.50 bits per heavy atom. The molecule has 1 aromatic rings. The molecule has 1 aromatic carbocycles. The van der Waals surface area contributed by atoms with Crippen LogP contribution in [0.1, 0.15) is 17.5 Å². The number of ether oxygens (including phenoxy) is 2. The lowest BCUT2D eigenvalue weighted by molar-refractivity contribution is -0.136. The summed E-state index contributed by atoms with van der Waals surface area (Å²) in [5.41, 5.74) is 1.70. The summed E-state index contributed by atoms with van der Waals surface area (Å²) in [5, 5.41) is 9.23. The first-order valence-corrected chi connectivity index (χ1v) is 5.28. The number of carbonyl (C=O) groups is 1. The van der Waals surface area contributed by atoms with Gasteiger partial charge in [0.2, 0.25) is 0 Å². The molecule has 1 N–H and O–H groups in total. The van der Waals surface area contributed by atoms with Crippen LogP contribution in [0.25, 0.3) is 0 Å². The predicted molar refractivity (Wildman–Crippen MR) is 57.7 cm³/mol. The zero-order valence-corrected chi connectivity index (χ0v) is 9.29. The van der Waals surface area contributed by atoms with Crippen molar-refractivity contribution in [2.45, 2.75) is 19.4 Å². The van der Waals surface area contributed by atoms with E-state index in [1.54, 1.807) is 12.1 Å². The Kier molecular flexibility index (Phi) is 3.31. The van der Waals surface area contributed by atoms with Crippen LogP contribution in [0.2, 0.25) is 5.02 Å². The van der Waals surface area contributed by atoms with Gasteiger partial charge in [-0.2, -0.15) is 0 Å². The van der Waals surface area contributed by atoms with E-state index in [4.69, 9.17) is 26.2 Å². The Morgan fingerprint density at radius 3 is 3.06 bits per heavy atom. The number of hydrogen-bond donors (Lipinski definition) is 1. The molecule has 0 bridgehead atoms. The van der Waals surface area contributed by atoms with Gasteiger partial charge in [-0.3, -0.25) is 4.79 Å². The highest BCUT2D eigenvalue weighted by Crippen LogP contribution is 2.32. The molecule has 16 heavy (non-hydrogen) atoms. The molecular formula is C11H11ClO4. The monoisotopic (exact) mass is 242 g/mol. The largest absolute Gasteiger partial charge is 0.481 e. The number of rotatable bonds is 3. The molecule has 0 fully saturated rings. The van der Waals surface area contributed by atoms with Crippen molar-refractivity contribution in [2.24, 2.45) is 0 Å². The van der Waals surface area contributed by atoms with Crippen molar-refractivity contribution in [3.63, 3.8) is 0 Å². The summed E-state index contributed by atoms with van der Waals surface area (Å²) in [4.78, 5) is 10.5. The zero-order chi connectivity index (χ0) is 11.5. The second-order valence-corrected chi connectivity index (χ2v) is 3.99. The van der Waals surface area contributed by atoms with E-state index >= 15 is 0 Å². The Balaban J connectivity index is 2.28. The van der Waals surface area contributed by atoms with Gasteiger partial charge in [-0.1, -0.05) is 11.6 Å². The van der Waals surface area contributed by atoms with Crippen LogP contribution in [-0.2, 0) is 22.6 Å². The van der Waals surface area contributed by atoms with Crippen LogP contribution >= 0.6 is 11.6 Å². The lowest BCUT2D eigenvalue weighted by Gasteiger charge is -2.20. The molecule has 0 aliphatic carbocycles. The fourth-order valence-electron chi connectivity index (χ4n) is 1.68. The summed E-state index contributed by atoms with van der Waals surface area (Å²) in [7, 11) is 0. The first-order chi connectivity index (χ1) is 7.66. The molecule has 86 valence electrons. The fourth-order valence-corrected chi connectivity index (χ4v) is 1.95. The van der Waals surface area contributed by atoms with Gasteiger partial charge < -0.3 is 14.6 Å². The quantitative estimate of drug-likeness (QED) is 0.883. The second-order valence-electron chi connectivity index (χ2n) is 3.56. The summed E-state index contributed by atoms with van der Waals surface area (Å²) in [5.74, 6) is -0.113. The molecule has 1 aliphatic rings. The van der Waals surface area contributed by atoms with Crippen molar-refractivity contribution < 1.29 is 19.4 Å². The topological polar surface area (TPSA) is 55.8 Å². The molecule has 2 rings (SSSR count). The number of aryl methyl sites for hydroxylation is 1. The van der Waals surface area contributed by atoms with Crippen LogP contribution in [0.3, 0.4) is 0 Å². The van der Waals surface area contributed by atoms with Gasteiger partial charge in [-0.05, 0) is 24.1 Å². The number of benzene rings is 1. The first kappa shape index (κ1) is 11.2. The van der Waals surface area contributed by atoms with E-state index in [1.807, 2.05) is 0 Å². The lowest BCUT2D eigenvalue weighted by atomic mass is 10.0. The van der Waals surface area contributed by atoms with Crippen LogP contribution in [0.4, 0.5) is 0 Å². The fraction of sp³-hybridized carbons (Fsp3) is 0.364. The Labute approximate surface area is 97.7 Å². The van der Waals surface area contributed by atoms with Gasteiger partial charge in [0.15, 0.2) is 6.79 Å². The van der Waals surface area contributed by atoms with E-state index in [2.05, 4.69) is 0 Å². The third-order valence-electron chi connectivity index (χ3n) is 2.36. The van der Waals surface area contributed by atoms with Crippen molar-refractivity contribution in [3.05, 3.63) is 28.3 Å². The lowest BCUT2D eigenvalue weighted by Crippen LogP contribution is -2.13. The summed E-state index contributed by atoms with van der Waals surface area (Å²) in [6, 6.07) is 3.52. The predicted octanol–water partition coefficient (Wildman–Crippen LogP) is 2.22. The molecule has 0 radical (unpaired) electrons. The molecular weight excluding hydrogens is 232 g/mol. The number of halogens is 1. The second kappa shape index (κ2) is 4.72. The van der Waals surface area contributed by atoms with Gasteiger partial charge in [0.25, 0.3) is 0 Å². The number of carboxylic acids is 1. The van der Waals surface area contributed by atoms with Crippen molar-refractivity contribution in [3.8, 4) is 5.75 Å². The molecule has 0 aromatic heterocycles. The molecule has 1 aliphatic heterocycles. The van der Waals surface area contributed by atoms with E-state index in [1.165, 1.54) is 0 Å². The van der Waals surface area contributed by atoms with Gasteiger partial charge in [-0.25, -0.2) is 0 Å². The highest BCUT2D eigenvalue weighted by Gasteiger charge is 2.16. The molecule has 0 spiro atoms. The van der Waals surface area contributed by atoms with Crippen LogP contribution < -0.4 is 4.74 Å². The van der Waals surface area contributed by atoms with Crippen LogP contribution in [-0.4, -0.2) is 17.9 Å². The maximum absolute atomic E-state index is 10.5. The third-order valence-corrected chi connectivity index (χ3v) is 2.58. The molecule has 0 saturated carbocycles. The Bertz CT molecular complexity index is 417. The summed E-state index contributed by atoms with van der Waals surface area (Å²) >= 11 is 5.94. The first-order valence-electron chi connectivity index (χ1n) is 4.90. The molecule has 1 heterocycles. The number of fused-ring (bicyclic) bond motifs is 1. The van der Waals surface area contributed by atoms with Crippen molar-refractivity contribution >= 4 is 17.6 Å². The number of hydrogen-bond acceptors (Lipinski definition) is 3. The third kappa shape index (κ3) is 2.46. The number of carboxylic acid groups (broad SMARTS) is 1. The standard InChI is InChI=1S/C11H11ClO4/c12-9-3-7(1-2-10(13)14)11-8(4-9)5-15-6-16-11/h3-4H,1-2,5-6H2,(H,13,14). The molecule has 0 amide bonds. The van der Waals surface area contributed by atoms with Gasteiger partial charge in [-0.15, -0.1) is 0 Å². The van der Waals surface area contributed by atoms with E-state index in [9.17, 15) is 4.79 Å². The van der Waals surface area contributed by atoms with Crippen LogP contribution in [0.5, 0.6) is 5.75 Å². The minimum absolute atomic E-state index is 0.0665. The van der Waals surface area contributed by atoms with Crippen molar-refractivity contribution in [2.75, 3.05) is 6.79 Å². The molecule has 0 saturated heterocycles. The van der Waals surface area contributed by atoms with Crippen molar-refractivity contribution in [1.82, 2.24) is 0 Å². The van der Waals surface area contributed by atoms with Crippen molar-refractivity contribution in [1.29, 1.82) is 0 Å². The van der Waals surface area contributed by atoms with Gasteiger partial charge >= 0.3 is 5.97 Å². The highest BCUT2D eigenvalue weighted by molar-refractivity contribution is 6.30. The van der Waals surface area contributed by atoms with Gasteiger partial charge in [0.1, 0.15) is 5.75 Å². The summed E-state index contributed by atoms with van der Waals surface area (Å²) < 4.78 is 10.5. The van der Waals surface area contributed by atoms with Crippen LogP contribution in [0, 0.1) is 0 Å². The highest BCUT2D eigenvalue weighted by atomic mass is 35.5. The summed E-state index contributed by atoms with van der Waals surface area (Å²) in [6.07, 6.45) is 0.481. The zero-order valence-electron chi connectivity index (χ0n) is 8.53. The Morgan fingerprint density at radius 2 is 2.31 bits per heavy atom. The maximum Gasteiger partial charge on any atom is 0.303 e. The van der Waals surface area contributed by atoms with E-state index < -0.39 is 5.97 Å².